The van der Waals surface area contributed by atoms with E-state index < -0.39 is 8.32 Å². The number of amides is 1. The Kier molecular flexibility index (Phi) is 4.95. The van der Waals surface area contributed by atoms with Crippen LogP contribution in [0.5, 0.6) is 5.75 Å². The van der Waals surface area contributed by atoms with E-state index in [0.29, 0.717) is 5.56 Å². The van der Waals surface area contributed by atoms with Gasteiger partial charge in [0.25, 0.3) is 5.91 Å². The molecule has 23 heavy (non-hydrogen) atoms. The predicted molar refractivity (Wildman–Crippen MR) is 98.7 cm³/mol. The number of carbonyl (C=O) groups is 1. The highest BCUT2D eigenvalue weighted by atomic mass is 28.4. The molecule has 0 saturated carbocycles. The van der Waals surface area contributed by atoms with Gasteiger partial charge in [-0.3, -0.25) is 4.79 Å². The van der Waals surface area contributed by atoms with Crippen LogP contribution in [0.4, 0.5) is 5.69 Å². The van der Waals surface area contributed by atoms with Crippen LogP contribution in [-0.4, -0.2) is 14.2 Å². The van der Waals surface area contributed by atoms with E-state index in [1.165, 1.54) is 0 Å². The molecule has 0 aromatic heterocycles. The molecule has 0 unspecified atom stereocenters. The van der Waals surface area contributed by atoms with Gasteiger partial charge in [-0.1, -0.05) is 39.0 Å². The van der Waals surface area contributed by atoms with Crippen LogP contribution in [0.3, 0.4) is 0 Å². The zero-order valence-electron chi connectivity index (χ0n) is 14.5. The third kappa shape index (κ3) is 4.45. The van der Waals surface area contributed by atoms with E-state index in [1.807, 2.05) is 42.5 Å². The molecule has 1 N–H and O–H groups in total. The molecule has 2 rings (SSSR count). The Morgan fingerprint density at radius 3 is 2.04 bits per heavy atom. The fraction of sp³-hybridized carbons (Fsp3) is 0.316. The second kappa shape index (κ2) is 6.58. The van der Waals surface area contributed by atoms with Gasteiger partial charge >= 0.3 is 0 Å². The summed E-state index contributed by atoms with van der Waals surface area (Å²) in [5.41, 5.74) is 1.41. The van der Waals surface area contributed by atoms with Crippen molar-refractivity contribution in [2.75, 3.05) is 5.32 Å². The van der Waals surface area contributed by atoms with E-state index >= 15 is 0 Å². The highest BCUT2D eigenvalue weighted by molar-refractivity contribution is 6.74. The largest absolute Gasteiger partial charge is 0.544 e. The van der Waals surface area contributed by atoms with Crippen LogP contribution in [0.25, 0.3) is 0 Å². The Labute approximate surface area is 139 Å². The van der Waals surface area contributed by atoms with Crippen LogP contribution in [0.1, 0.15) is 31.1 Å². The van der Waals surface area contributed by atoms with Crippen molar-refractivity contribution in [3.63, 3.8) is 0 Å². The van der Waals surface area contributed by atoms with E-state index in [4.69, 9.17) is 4.43 Å². The highest BCUT2D eigenvalue weighted by Gasteiger charge is 2.38. The number of nitrogens with one attached hydrogen (secondary N) is 1. The van der Waals surface area contributed by atoms with Crippen LogP contribution in [0, 0.1) is 0 Å². The fourth-order valence-corrected chi connectivity index (χ4v) is 2.88. The normalized spacial score (nSPS) is 11.9. The smallest absolute Gasteiger partial charge is 0.255 e. The lowest BCUT2D eigenvalue weighted by Crippen LogP contribution is -2.43. The van der Waals surface area contributed by atoms with Gasteiger partial charge < -0.3 is 9.74 Å². The van der Waals surface area contributed by atoms with Gasteiger partial charge in [0.1, 0.15) is 5.75 Å². The molecule has 4 heteroatoms. The molecule has 0 aliphatic rings. The van der Waals surface area contributed by atoms with Crippen molar-refractivity contribution in [2.24, 2.45) is 0 Å². The first kappa shape index (κ1) is 17.3. The molecule has 1 amide bonds. The summed E-state index contributed by atoms with van der Waals surface area (Å²) in [7, 11) is -1.84. The Bertz CT molecular complexity index is 658. The van der Waals surface area contributed by atoms with Gasteiger partial charge in [-0.05, 0) is 54.5 Å². The molecule has 0 saturated heterocycles. The Hall–Kier alpha value is -2.07. The zero-order valence-corrected chi connectivity index (χ0v) is 15.5. The van der Waals surface area contributed by atoms with Crippen molar-refractivity contribution in [1.82, 2.24) is 0 Å². The van der Waals surface area contributed by atoms with E-state index in [-0.39, 0.29) is 10.9 Å². The van der Waals surface area contributed by atoms with Crippen molar-refractivity contribution < 1.29 is 9.22 Å². The number of carbonyl (C=O) groups excluding carboxylic acids is 1. The van der Waals surface area contributed by atoms with E-state index in [1.54, 1.807) is 12.1 Å². The molecule has 0 atom stereocenters. The number of benzene rings is 2. The first-order chi connectivity index (χ1) is 10.7. The quantitative estimate of drug-likeness (QED) is 0.771. The third-order valence-corrected chi connectivity index (χ3v) is 8.69. The Balaban J connectivity index is 2.04. The van der Waals surface area contributed by atoms with Gasteiger partial charge in [-0.2, -0.15) is 0 Å². The Morgan fingerprint density at radius 2 is 1.52 bits per heavy atom. The van der Waals surface area contributed by atoms with Gasteiger partial charge in [0.15, 0.2) is 0 Å². The maximum atomic E-state index is 12.1. The summed E-state index contributed by atoms with van der Waals surface area (Å²) in [4.78, 5) is 12.1. The molecular weight excluding hydrogens is 302 g/mol. The molecular formula is C19H25NO2Si. The summed E-state index contributed by atoms with van der Waals surface area (Å²) in [5.74, 6) is 0.748. The van der Waals surface area contributed by atoms with Gasteiger partial charge in [-0.15, -0.1) is 0 Å². The molecule has 3 nitrogen and oxygen atoms in total. The molecule has 2 aromatic carbocycles. The zero-order chi connectivity index (χ0) is 17.1. The third-order valence-electron chi connectivity index (χ3n) is 4.33. The van der Waals surface area contributed by atoms with E-state index in [2.05, 4.69) is 39.2 Å². The van der Waals surface area contributed by atoms with Crippen LogP contribution >= 0.6 is 0 Å². The maximum absolute atomic E-state index is 12.1. The van der Waals surface area contributed by atoms with Gasteiger partial charge in [0.05, 0.1) is 0 Å². The van der Waals surface area contributed by atoms with Gasteiger partial charge in [-0.25, -0.2) is 0 Å². The summed E-state index contributed by atoms with van der Waals surface area (Å²) < 4.78 is 6.24. The molecule has 2 aromatic rings. The van der Waals surface area contributed by atoms with Crippen LogP contribution in [-0.2, 0) is 0 Å². The van der Waals surface area contributed by atoms with E-state index in [9.17, 15) is 4.79 Å². The average Bonchev–Trinajstić information content (AvgIpc) is 2.48. The lowest BCUT2D eigenvalue weighted by molar-refractivity contribution is 0.102. The van der Waals surface area contributed by atoms with Crippen LogP contribution in [0.15, 0.2) is 54.6 Å². The molecule has 122 valence electrons. The molecule has 0 spiro atoms. The standard InChI is InChI=1S/C19H25NO2Si/c1-19(2,3)23(4,5)22-17-13-11-16(12-14-17)20-18(21)15-9-7-6-8-10-15/h6-14H,1-5H3,(H,20,21). The molecule has 0 bridgehead atoms. The second-order valence-corrected chi connectivity index (χ2v) is 11.9. The number of anilines is 1. The lowest BCUT2D eigenvalue weighted by atomic mass is 10.2. The summed E-state index contributed by atoms with van der Waals surface area (Å²) in [6.07, 6.45) is 0. The minimum Gasteiger partial charge on any atom is -0.544 e. The molecule has 0 aliphatic carbocycles. The van der Waals surface area contributed by atoms with Crippen molar-refractivity contribution in [3.8, 4) is 5.75 Å². The highest BCUT2D eigenvalue weighted by Crippen LogP contribution is 2.37. The van der Waals surface area contributed by atoms with Crippen molar-refractivity contribution in [3.05, 3.63) is 60.2 Å². The van der Waals surface area contributed by atoms with Crippen LogP contribution < -0.4 is 9.74 Å². The number of rotatable bonds is 4. The van der Waals surface area contributed by atoms with E-state index in [0.717, 1.165) is 11.4 Å². The monoisotopic (exact) mass is 327 g/mol. The SMILES string of the molecule is CC(C)(C)[Si](C)(C)Oc1ccc(NC(=O)c2ccccc2)cc1. The summed E-state index contributed by atoms with van der Waals surface area (Å²) in [5, 5.41) is 3.06. The molecule has 0 radical (unpaired) electrons. The van der Waals surface area contributed by atoms with Crippen molar-refractivity contribution in [2.45, 2.75) is 38.9 Å². The topological polar surface area (TPSA) is 38.3 Å². The lowest BCUT2D eigenvalue weighted by Gasteiger charge is -2.36. The maximum Gasteiger partial charge on any atom is 0.255 e. The molecule has 0 fully saturated rings. The first-order valence-corrected chi connectivity index (χ1v) is 10.8. The second-order valence-electron chi connectivity index (χ2n) is 7.21. The molecule has 0 heterocycles. The average molecular weight is 328 g/mol. The van der Waals surface area contributed by atoms with Crippen molar-refractivity contribution in [1.29, 1.82) is 0 Å². The summed E-state index contributed by atoms with van der Waals surface area (Å²) in [6, 6.07) is 16.8. The van der Waals surface area contributed by atoms with Gasteiger partial charge in [0.2, 0.25) is 8.32 Å². The summed E-state index contributed by atoms with van der Waals surface area (Å²) >= 11 is 0. The van der Waals surface area contributed by atoms with Gasteiger partial charge in [0, 0.05) is 11.3 Å². The molecule has 0 aliphatic heterocycles. The minimum absolute atomic E-state index is 0.108. The number of hydrogen-bond donors (Lipinski definition) is 1. The minimum atomic E-state index is -1.84. The number of hydrogen-bond acceptors (Lipinski definition) is 2. The predicted octanol–water partition coefficient (Wildman–Crippen LogP) is 5.32. The Morgan fingerprint density at radius 1 is 0.957 bits per heavy atom. The summed E-state index contributed by atoms with van der Waals surface area (Å²) in [6.45, 7) is 11.1. The van der Waals surface area contributed by atoms with Crippen LogP contribution in [0.2, 0.25) is 18.1 Å². The fourth-order valence-electron chi connectivity index (χ4n) is 1.85. The van der Waals surface area contributed by atoms with Crippen molar-refractivity contribution >= 4 is 19.9 Å². The first-order valence-electron chi connectivity index (χ1n) is 7.84.